The Morgan fingerprint density at radius 3 is 2.71 bits per heavy atom. The summed E-state index contributed by atoms with van der Waals surface area (Å²) >= 11 is 0. The lowest BCUT2D eigenvalue weighted by Crippen LogP contribution is -2.26. The smallest absolute Gasteiger partial charge is 0.271 e. The first kappa shape index (κ1) is 19.9. The molecule has 28 heavy (non-hydrogen) atoms. The van der Waals surface area contributed by atoms with Crippen molar-refractivity contribution < 1.29 is 14.3 Å². The van der Waals surface area contributed by atoms with Crippen LogP contribution in [-0.4, -0.2) is 35.2 Å². The first-order valence-corrected chi connectivity index (χ1v) is 9.83. The second-order valence-electron chi connectivity index (χ2n) is 7.18. The molecule has 2 amide bonds. The number of aromatic nitrogens is 2. The first-order chi connectivity index (χ1) is 13.6. The summed E-state index contributed by atoms with van der Waals surface area (Å²) in [5.74, 6) is 1.17. The third-order valence-electron chi connectivity index (χ3n) is 5.21. The van der Waals surface area contributed by atoms with Gasteiger partial charge in [-0.3, -0.25) is 14.3 Å². The van der Waals surface area contributed by atoms with Crippen LogP contribution in [0.4, 0.5) is 5.82 Å². The van der Waals surface area contributed by atoms with Gasteiger partial charge in [-0.15, -0.1) is 0 Å². The highest BCUT2D eigenvalue weighted by Crippen LogP contribution is 2.25. The van der Waals surface area contributed by atoms with Gasteiger partial charge in [-0.1, -0.05) is 37.5 Å². The van der Waals surface area contributed by atoms with Gasteiger partial charge in [-0.05, 0) is 30.9 Å². The van der Waals surface area contributed by atoms with Crippen LogP contribution in [0.5, 0.6) is 5.75 Å². The van der Waals surface area contributed by atoms with E-state index in [0.29, 0.717) is 24.5 Å². The number of ether oxygens (including phenoxy) is 1. The van der Waals surface area contributed by atoms with Crippen LogP contribution in [0.15, 0.2) is 30.3 Å². The third-order valence-corrected chi connectivity index (χ3v) is 5.21. The maximum Gasteiger partial charge on any atom is 0.271 e. The monoisotopic (exact) mass is 384 g/mol. The molecule has 1 fully saturated rings. The normalized spacial score (nSPS) is 14.5. The van der Waals surface area contributed by atoms with E-state index in [2.05, 4.69) is 15.7 Å². The van der Waals surface area contributed by atoms with Crippen molar-refractivity contribution >= 4 is 17.6 Å². The SMILES string of the molecule is COc1ccccc1CCNC(=O)c1cc(NC(=O)C2CCCCC2)n(C)n1. The number of hydrogen-bond acceptors (Lipinski definition) is 4. The van der Waals surface area contributed by atoms with E-state index in [0.717, 1.165) is 37.0 Å². The molecule has 1 heterocycles. The Bertz CT molecular complexity index is 825. The zero-order valence-electron chi connectivity index (χ0n) is 16.5. The van der Waals surface area contributed by atoms with Gasteiger partial charge < -0.3 is 15.4 Å². The molecule has 7 nitrogen and oxygen atoms in total. The lowest BCUT2D eigenvalue weighted by molar-refractivity contribution is -0.120. The summed E-state index contributed by atoms with van der Waals surface area (Å²) in [6.07, 6.45) is 5.93. The molecule has 1 aromatic carbocycles. The molecule has 1 aliphatic carbocycles. The zero-order chi connectivity index (χ0) is 19.9. The van der Waals surface area contributed by atoms with E-state index in [-0.39, 0.29) is 17.7 Å². The number of aryl methyl sites for hydroxylation is 1. The van der Waals surface area contributed by atoms with Gasteiger partial charge in [0.25, 0.3) is 5.91 Å². The number of carbonyl (C=O) groups excluding carboxylic acids is 2. The molecule has 0 spiro atoms. The fourth-order valence-electron chi connectivity index (χ4n) is 3.60. The second-order valence-corrected chi connectivity index (χ2v) is 7.18. The van der Waals surface area contributed by atoms with Crippen LogP contribution in [-0.2, 0) is 18.3 Å². The van der Waals surface area contributed by atoms with E-state index in [9.17, 15) is 9.59 Å². The van der Waals surface area contributed by atoms with Crippen molar-refractivity contribution in [1.29, 1.82) is 0 Å². The van der Waals surface area contributed by atoms with Crippen LogP contribution in [0.3, 0.4) is 0 Å². The molecule has 150 valence electrons. The van der Waals surface area contributed by atoms with Crippen molar-refractivity contribution in [2.45, 2.75) is 38.5 Å². The number of para-hydroxylation sites is 1. The van der Waals surface area contributed by atoms with Crippen molar-refractivity contribution in [3.63, 3.8) is 0 Å². The molecule has 0 saturated heterocycles. The molecule has 2 N–H and O–H groups in total. The van der Waals surface area contributed by atoms with E-state index >= 15 is 0 Å². The standard InChI is InChI=1S/C21H28N4O3/c1-25-19(23-20(26)16-9-4-3-5-10-16)14-17(24-25)21(27)22-13-12-15-8-6-7-11-18(15)28-2/h6-8,11,14,16H,3-5,9-10,12-13H2,1-2H3,(H,22,27)(H,23,26). The molecule has 0 aliphatic heterocycles. The molecule has 3 rings (SSSR count). The summed E-state index contributed by atoms with van der Waals surface area (Å²) in [6, 6.07) is 9.36. The number of anilines is 1. The fourth-order valence-corrected chi connectivity index (χ4v) is 3.60. The highest BCUT2D eigenvalue weighted by atomic mass is 16.5. The second kappa shape index (κ2) is 9.39. The Balaban J connectivity index is 1.54. The summed E-state index contributed by atoms with van der Waals surface area (Å²) < 4.78 is 6.86. The summed E-state index contributed by atoms with van der Waals surface area (Å²) in [7, 11) is 3.36. The van der Waals surface area contributed by atoms with Crippen LogP contribution >= 0.6 is 0 Å². The van der Waals surface area contributed by atoms with Crippen molar-refractivity contribution in [3.8, 4) is 5.75 Å². The maximum atomic E-state index is 12.4. The van der Waals surface area contributed by atoms with E-state index < -0.39 is 0 Å². The predicted octanol–water partition coefficient (Wildman–Crippen LogP) is 2.92. The predicted molar refractivity (Wildman–Crippen MR) is 107 cm³/mol. The van der Waals surface area contributed by atoms with Gasteiger partial charge in [0.2, 0.25) is 5.91 Å². The van der Waals surface area contributed by atoms with Gasteiger partial charge >= 0.3 is 0 Å². The molecule has 1 aromatic heterocycles. The van der Waals surface area contributed by atoms with Gasteiger partial charge in [0.1, 0.15) is 11.6 Å². The number of benzene rings is 1. The van der Waals surface area contributed by atoms with Gasteiger partial charge in [0, 0.05) is 25.6 Å². The quantitative estimate of drug-likeness (QED) is 0.769. The Labute approximate surface area is 165 Å². The molecule has 2 aromatic rings. The van der Waals surface area contributed by atoms with Gasteiger partial charge in [0.05, 0.1) is 7.11 Å². The number of carbonyl (C=O) groups is 2. The highest BCUT2D eigenvalue weighted by Gasteiger charge is 2.22. The molecule has 0 radical (unpaired) electrons. The number of amides is 2. The molecule has 1 saturated carbocycles. The number of rotatable bonds is 7. The Kier molecular flexibility index (Phi) is 6.68. The van der Waals surface area contributed by atoms with Crippen molar-refractivity contribution in [3.05, 3.63) is 41.6 Å². The van der Waals surface area contributed by atoms with Gasteiger partial charge in [-0.2, -0.15) is 5.10 Å². The Morgan fingerprint density at radius 1 is 1.21 bits per heavy atom. The van der Waals surface area contributed by atoms with E-state index in [1.54, 1.807) is 20.2 Å². The molecule has 0 atom stereocenters. The van der Waals surface area contributed by atoms with E-state index in [1.165, 1.54) is 11.1 Å². The summed E-state index contributed by atoms with van der Waals surface area (Å²) in [5.41, 5.74) is 1.33. The fraction of sp³-hybridized carbons (Fsp3) is 0.476. The van der Waals surface area contributed by atoms with Crippen LogP contribution in [0, 0.1) is 5.92 Å². The average Bonchev–Trinajstić information content (AvgIpc) is 3.09. The van der Waals surface area contributed by atoms with Crippen LogP contribution in [0.1, 0.15) is 48.2 Å². The lowest BCUT2D eigenvalue weighted by atomic mass is 9.89. The van der Waals surface area contributed by atoms with E-state index in [1.807, 2.05) is 24.3 Å². The van der Waals surface area contributed by atoms with E-state index in [4.69, 9.17) is 4.74 Å². The minimum Gasteiger partial charge on any atom is -0.496 e. The van der Waals surface area contributed by atoms with Crippen molar-refractivity contribution in [2.24, 2.45) is 13.0 Å². The molecular formula is C21H28N4O3. The van der Waals surface area contributed by atoms with Gasteiger partial charge in [-0.25, -0.2) is 0 Å². The van der Waals surface area contributed by atoms with Gasteiger partial charge in [0.15, 0.2) is 5.69 Å². The maximum absolute atomic E-state index is 12.4. The summed E-state index contributed by atoms with van der Waals surface area (Å²) in [5, 5.41) is 10.0. The summed E-state index contributed by atoms with van der Waals surface area (Å²) in [6.45, 7) is 0.472. The van der Waals surface area contributed by atoms with Crippen LogP contribution in [0.25, 0.3) is 0 Å². The van der Waals surface area contributed by atoms with Crippen LogP contribution < -0.4 is 15.4 Å². The number of nitrogens with zero attached hydrogens (tertiary/aromatic N) is 2. The third kappa shape index (κ3) is 4.91. The Morgan fingerprint density at radius 2 is 1.96 bits per heavy atom. The molecule has 1 aliphatic rings. The number of nitrogens with one attached hydrogen (secondary N) is 2. The minimum absolute atomic E-state index is 0.0193. The topological polar surface area (TPSA) is 85.3 Å². The molecule has 0 bridgehead atoms. The highest BCUT2D eigenvalue weighted by molar-refractivity contribution is 5.96. The molecule has 0 unspecified atom stereocenters. The van der Waals surface area contributed by atoms with Crippen molar-refractivity contribution in [1.82, 2.24) is 15.1 Å². The number of hydrogen-bond donors (Lipinski definition) is 2. The Hall–Kier alpha value is -2.83. The average molecular weight is 384 g/mol. The lowest BCUT2D eigenvalue weighted by Gasteiger charge is -2.20. The zero-order valence-corrected chi connectivity index (χ0v) is 16.5. The number of methoxy groups -OCH3 is 1. The largest absolute Gasteiger partial charge is 0.496 e. The first-order valence-electron chi connectivity index (χ1n) is 9.83. The van der Waals surface area contributed by atoms with Crippen LogP contribution in [0.2, 0.25) is 0 Å². The molecule has 7 heteroatoms. The molecular weight excluding hydrogens is 356 g/mol. The summed E-state index contributed by atoms with van der Waals surface area (Å²) in [4.78, 5) is 24.8. The van der Waals surface area contributed by atoms with Crippen molar-refractivity contribution in [2.75, 3.05) is 19.0 Å². The minimum atomic E-state index is -0.260.